The first-order chi connectivity index (χ1) is 15.2. The standard InChI is InChI=1S/C13HF21O2/c14-1-5(17,18)2(15)7(21,22)3(16,6(1,19)20)10(27,28)4(8(1,23)24,9(2,25)26)36-13(33,34)11(29,35)12(30,31)32/h35H. The van der Waals surface area contributed by atoms with Crippen LogP contribution in [0, 0.1) is 0 Å². The fourth-order valence-corrected chi connectivity index (χ4v) is 4.42. The molecule has 0 aromatic carbocycles. The lowest BCUT2D eigenvalue weighted by Crippen LogP contribution is -3.10. The molecule has 0 radical (unpaired) electrons. The van der Waals surface area contributed by atoms with Crippen LogP contribution in [0.1, 0.15) is 0 Å². The van der Waals surface area contributed by atoms with Gasteiger partial charge in [-0.1, -0.05) is 0 Å². The van der Waals surface area contributed by atoms with E-state index in [1.807, 2.05) is 0 Å². The maximum absolute atomic E-state index is 14.7. The molecule has 1 atom stereocenters. The largest absolute Gasteiger partial charge is 0.457 e. The zero-order chi connectivity index (χ0) is 29.2. The van der Waals surface area contributed by atoms with Crippen molar-refractivity contribution in [3.8, 4) is 0 Å². The third kappa shape index (κ3) is 1.89. The van der Waals surface area contributed by atoms with Gasteiger partial charge in [-0.3, -0.25) is 4.74 Å². The number of halogens is 21. The molecular formula is C13HF21O2. The van der Waals surface area contributed by atoms with Crippen molar-refractivity contribution in [2.45, 2.75) is 76.3 Å². The predicted octanol–water partition coefficient (Wildman–Crippen LogP) is 5.53. The first-order valence-electron chi connectivity index (χ1n) is 8.10. The van der Waals surface area contributed by atoms with Gasteiger partial charge in [0.15, 0.2) is 0 Å². The van der Waals surface area contributed by atoms with E-state index in [0.717, 1.165) is 0 Å². The van der Waals surface area contributed by atoms with Gasteiger partial charge < -0.3 is 5.11 Å². The van der Waals surface area contributed by atoms with E-state index in [2.05, 4.69) is 0 Å². The van der Waals surface area contributed by atoms with Crippen LogP contribution in [-0.4, -0.2) is 81.4 Å². The Hall–Kier alpha value is -1.55. The Bertz CT molecular complexity index is 879. The fraction of sp³-hybridized carbons (Fsp3) is 1.00. The molecule has 4 saturated carbocycles. The van der Waals surface area contributed by atoms with E-state index in [0.29, 0.717) is 0 Å². The van der Waals surface area contributed by atoms with Gasteiger partial charge in [-0.15, -0.1) is 0 Å². The molecule has 0 aliphatic heterocycles. The van der Waals surface area contributed by atoms with E-state index in [-0.39, 0.29) is 0 Å². The number of aliphatic hydroxyl groups is 1. The lowest BCUT2D eigenvalue weighted by Gasteiger charge is -2.74. The fourth-order valence-electron chi connectivity index (χ4n) is 4.42. The topological polar surface area (TPSA) is 29.5 Å². The van der Waals surface area contributed by atoms with Crippen LogP contribution in [0.3, 0.4) is 0 Å². The van der Waals surface area contributed by atoms with Gasteiger partial charge in [0, 0.05) is 0 Å². The van der Waals surface area contributed by atoms with Crippen LogP contribution in [0.15, 0.2) is 0 Å². The normalized spacial score (nSPS) is 44.8. The molecule has 4 aliphatic carbocycles. The lowest BCUT2D eigenvalue weighted by molar-refractivity contribution is -0.637. The number of hydrogen-bond acceptors (Lipinski definition) is 2. The molecule has 4 rings (SSSR count). The predicted molar refractivity (Wildman–Crippen MR) is 62.1 cm³/mol. The molecule has 0 heterocycles. The molecule has 0 saturated heterocycles. The van der Waals surface area contributed by atoms with Gasteiger partial charge >= 0.3 is 70.7 Å². The van der Waals surface area contributed by atoms with Crippen molar-refractivity contribution < 1.29 is 102 Å². The minimum absolute atomic E-state index is 1.50. The molecule has 0 spiro atoms. The van der Waals surface area contributed by atoms with Crippen molar-refractivity contribution in [1.29, 1.82) is 0 Å². The van der Waals surface area contributed by atoms with Crippen LogP contribution in [0.4, 0.5) is 92.2 Å². The second kappa shape index (κ2) is 5.87. The summed E-state index contributed by atoms with van der Waals surface area (Å²) in [4.78, 5) is 0. The zero-order valence-corrected chi connectivity index (χ0v) is 15.3. The van der Waals surface area contributed by atoms with Gasteiger partial charge in [0.25, 0.3) is 5.60 Å². The lowest BCUT2D eigenvalue weighted by atomic mass is 9.40. The summed E-state index contributed by atoms with van der Waals surface area (Å²) in [5.41, 5.74) is -34.0. The van der Waals surface area contributed by atoms with Crippen LogP contribution in [0.25, 0.3) is 0 Å². The molecule has 4 bridgehead atoms. The van der Waals surface area contributed by atoms with Crippen molar-refractivity contribution in [3.63, 3.8) is 0 Å². The highest BCUT2D eigenvalue weighted by molar-refractivity contribution is 5.54. The second-order valence-electron chi connectivity index (χ2n) is 7.84. The Balaban J connectivity index is 2.63. The van der Waals surface area contributed by atoms with Gasteiger partial charge in [-0.2, -0.15) is 79.0 Å². The SMILES string of the molecule is OC(F)(C(F)(F)F)C(F)(F)OC12C(F)(F)C3(F)C(F)(F)C(F)(C(F)(F)C(F)(C3(F)F)C1(F)F)C2(F)F. The van der Waals surface area contributed by atoms with Gasteiger partial charge in [-0.25, -0.2) is 13.2 Å². The second-order valence-corrected chi connectivity index (χ2v) is 7.84. The molecular weight excluding hydrogens is 587 g/mol. The summed E-state index contributed by atoms with van der Waals surface area (Å²) in [6, 6.07) is 0. The summed E-state index contributed by atoms with van der Waals surface area (Å²) >= 11 is 0. The summed E-state index contributed by atoms with van der Waals surface area (Å²) in [6.07, 6.45) is -16.0. The Kier molecular flexibility index (Phi) is 4.73. The van der Waals surface area contributed by atoms with E-state index in [4.69, 9.17) is 5.11 Å². The molecule has 0 amide bonds. The highest BCUT2D eigenvalue weighted by atomic mass is 19.4. The number of ether oxygens (including phenoxy) is 1. The Morgan fingerprint density at radius 1 is 0.417 bits per heavy atom. The summed E-state index contributed by atoms with van der Waals surface area (Å²) in [5, 5.41) is 8.16. The highest BCUT2D eigenvalue weighted by Crippen LogP contribution is 2.89. The van der Waals surface area contributed by atoms with Crippen LogP contribution >= 0.6 is 0 Å². The van der Waals surface area contributed by atoms with Crippen LogP contribution in [0.5, 0.6) is 0 Å². The number of rotatable bonds is 3. The van der Waals surface area contributed by atoms with Crippen LogP contribution in [0.2, 0.25) is 0 Å². The molecule has 4 fully saturated rings. The first-order valence-corrected chi connectivity index (χ1v) is 8.10. The first kappa shape index (κ1) is 29.0. The van der Waals surface area contributed by atoms with E-state index >= 15 is 0 Å². The highest BCUT2D eigenvalue weighted by Gasteiger charge is 3.23. The minimum atomic E-state index is -8.69. The Morgan fingerprint density at radius 3 is 0.833 bits per heavy atom. The third-order valence-corrected chi connectivity index (χ3v) is 6.26. The van der Waals surface area contributed by atoms with E-state index in [9.17, 15) is 92.2 Å². The van der Waals surface area contributed by atoms with Crippen molar-refractivity contribution in [1.82, 2.24) is 0 Å². The molecule has 0 aromatic rings. The van der Waals surface area contributed by atoms with Gasteiger partial charge in [-0.05, 0) is 0 Å². The van der Waals surface area contributed by atoms with E-state index in [1.165, 1.54) is 4.74 Å². The Morgan fingerprint density at radius 2 is 0.639 bits per heavy atom. The summed E-state index contributed by atoms with van der Waals surface area (Å²) < 4.78 is 295. The van der Waals surface area contributed by atoms with Crippen molar-refractivity contribution in [2.24, 2.45) is 0 Å². The zero-order valence-electron chi connectivity index (χ0n) is 15.3. The molecule has 0 aromatic heterocycles. The Labute approximate surface area is 179 Å². The quantitative estimate of drug-likeness (QED) is 0.440. The van der Waals surface area contributed by atoms with Gasteiger partial charge in [0.1, 0.15) is 0 Å². The average Bonchev–Trinajstić information content (AvgIpc) is 2.64. The molecule has 1 N–H and O–H groups in total. The van der Waals surface area contributed by atoms with Gasteiger partial charge in [0.2, 0.25) is 0 Å². The van der Waals surface area contributed by atoms with E-state index in [1.54, 1.807) is 0 Å². The summed E-state index contributed by atoms with van der Waals surface area (Å²) in [5.74, 6) is -59.2. The maximum Gasteiger partial charge on any atom is 0.457 e. The van der Waals surface area contributed by atoms with Gasteiger partial charge in [0.05, 0.1) is 0 Å². The van der Waals surface area contributed by atoms with Crippen LogP contribution in [-0.2, 0) is 4.74 Å². The number of hydrogen-bond donors (Lipinski definition) is 1. The minimum Gasteiger partial charge on any atom is -0.348 e. The third-order valence-electron chi connectivity index (χ3n) is 6.26. The molecule has 2 nitrogen and oxygen atoms in total. The number of alkyl halides is 21. The summed E-state index contributed by atoms with van der Waals surface area (Å²) in [7, 11) is 0. The molecule has 23 heteroatoms. The average molecular weight is 588 g/mol. The summed E-state index contributed by atoms with van der Waals surface area (Å²) in [6.45, 7) is 0. The molecule has 1 unspecified atom stereocenters. The monoisotopic (exact) mass is 588 g/mol. The van der Waals surface area contributed by atoms with Crippen molar-refractivity contribution >= 4 is 0 Å². The van der Waals surface area contributed by atoms with Crippen molar-refractivity contribution in [2.75, 3.05) is 0 Å². The molecule has 4 aliphatic rings. The molecule has 212 valence electrons. The maximum atomic E-state index is 14.7. The van der Waals surface area contributed by atoms with Crippen LogP contribution < -0.4 is 0 Å². The molecule has 36 heavy (non-hydrogen) atoms. The van der Waals surface area contributed by atoms with E-state index < -0.39 is 76.3 Å². The smallest absolute Gasteiger partial charge is 0.348 e. The van der Waals surface area contributed by atoms with Crippen molar-refractivity contribution in [3.05, 3.63) is 0 Å².